The molecule has 35 heavy (non-hydrogen) atoms. The molecule has 9 heteroatoms. The lowest BCUT2D eigenvalue weighted by atomic mass is 9.98. The number of likely N-dealkylation sites (tertiary alicyclic amines) is 1. The molecular weight excluding hydrogens is 448 g/mol. The number of anilines is 1. The Morgan fingerprint density at radius 2 is 1.74 bits per heavy atom. The summed E-state index contributed by atoms with van der Waals surface area (Å²) in [6, 6.07) is 16.3. The van der Waals surface area contributed by atoms with Crippen molar-refractivity contribution in [1.82, 2.24) is 14.7 Å². The van der Waals surface area contributed by atoms with Gasteiger partial charge in [0.05, 0.1) is 11.9 Å². The first-order valence-corrected chi connectivity index (χ1v) is 11.6. The number of aliphatic carboxylic acids is 1. The lowest BCUT2D eigenvalue weighted by molar-refractivity contribution is -0.138. The molecule has 1 atom stereocenters. The maximum absolute atomic E-state index is 12.5. The molecule has 1 aliphatic heterocycles. The third kappa shape index (κ3) is 4.89. The third-order valence-corrected chi connectivity index (χ3v) is 6.62. The molecule has 0 saturated carbocycles. The molecule has 1 fully saturated rings. The highest BCUT2D eigenvalue weighted by molar-refractivity contribution is 5.85. The molecule has 2 aromatic carbocycles. The van der Waals surface area contributed by atoms with Gasteiger partial charge in [-0.3, -0.25) is 19.6 Å². The van der Waals surface area contributed by atoms with Crippen molar-refractivity contribution < 1.29 is 24.2 Å². The molecule has 2 N–H and O–H groups in total. The molecule has 1 aliphatic carbocycles. The van der Waals surface area contributed by atoms with Crippen LogP contribution in [0.5, 0.6) is 0 Å². The van der Waals surface area contributed by atoms with Crippen LogP contribution in [0.15, 0.2) is 60.9 Å². The van der Waals surface area contributed by atoms with Crippen LogP contribution in [0.3, 0.4) is 0 Å². The Hall–Kier alpha value is -4.14. The van der Waals surface area contributed by atoms with Crippen molar-refractivity contribution in [3.05, 3.63) is 72.1 Å². The summed E-state index contributed by atoms with van der Waals surface area (Å²) < 4.78 is 7.00. The van der Waals surface area contributed by atoms with E-state index in [0.29, 0.717) is 25.2 Å². The van der Waals surface area contributed by atoms with Gasteiger partial charge < -0.3 is 14.7 Å². The molecule has 5 rings (SSSR count). The Bertz CT molecular complexity index is 1220. The highest BCUT2D eigenvalue weighted by atomic mass is 16.5. The molecule has 0 radical (unpaired) electrons. The minimum atomic E-state index is -0.847. The van der Waals surface area contributed by atoms with Gasteiger partial charge in [-0.1, -0.05) is 48.5 Å². The van der Waals surface area contributed by atoms with Gasteiger partial charge in [-0.15, -0.1) is 0 Å². The van der Waals surface area contributed by atoms with E-state index in [-0.39, 0.29) is 37.3 Å². The van der Waals surface area contributed by atoms with Gasteiger partial charge in [0.25, 0.3) is 0 Å². The van der Waals surface area contributed by atoms with Gasteiger partial charge in [0.15, 0.2) is 0 Å². The largest absolute Gasteiger partial charge is 0.481 e. The van der Waals surface area contributed by atoms with Crippen LogP contribution in [0.2, 0.25) is 0 Å². The predicted molar refractivity (Wildman–Crippen MR) is 128 cm³/mol. The van der Waals surface area contributed by atoms with Crippen molar-refractivity contribution >= 4 is 23.7 Å². The lowest BCUT2D eigenvalue weighted by Crippen LogP contribution is -2.32. The number of hydrogen-bond acceptors (Lipinski definition) is 5. The number of nitrogens with zero attached hydrogens (tertiary/aromatic N) is 3. The summed E-state index contributed by atoms with van der Waals surface area (Å²) >= 11 is 0. The second kappa shape index (κ2) is 9.61. The van der Waals surface area contributed by atoms with E-state index in [4.69, 9.17) is 9.84 Å². The van der Waals surface area contributed by atoms with Crippen molar-refractivity contribution in [2.45, 2.75) is 25.3 Å². The van der Waals surface area contributed by atoms with Crippen molar-refractivity contribution in [3.8, 4) is 11.1 Å². The van der Waals surface area contributed by atoms with Crippen LogP contribution < -0.4 is 5.32 Å². The van der Waals surface area contributed by atoms with Crippen molar-refractivity contribution in [2.75, 3.05) is 25.0 Å². The van der Waals surface area contributed by atoms with E-state index in [1.165, 1.54) is 10.9 Å². The zero-order valence-corrected chi connectivity index (χ0v) is 19.1. The van der Waals surface area contributed by atoms with Crippen LogP contribution in [-0.2, 0) is 20.9 Å². The number of carboxylic acid groups (broad SMARTS) is 1. The van der Waals surface area contributed by atoms with E-state index in [1.807, 2.05) is 24.3 Å². The van der Waals surface area contributed by atoms with Crippen molar-refractivity contribution in [3.63, 3.8) is 0 Å². The quantitative estimate of drug-likeness (QED) is 0.541. The molecule has 1 unspecified atom stereocenters. The number of hydrogen-bond donors (Lipinski definition) is 2. The molecule has 0 bridgehead atoms. The highest BCUT2D eigenvalue weighted by Crippen LogP contribution is 2.44. The lowest BCUT2D eigenvalue weighted by Gasteiger charge is -2.16. The van der Waals surface area contributed by atoms with Gasteiger partial charge in [0.1, 0.15) is 13.2 Å². The minimum Gasteiger partial charge on any atom is -0.481 e. The van der Waals surface area contributed by atoms with Crippen molar-refractivity contribution in [1.29, 1.82) is 0 Å². The van der Waals surface area contributed by atoms with Gasteiger partial charge in [0, 0.05) is 31.6 Å². The SMILES string of the molecule is O=C(O)CC1CCN(C(=O)Cn2cc(NC(=O)OCC3c4ccccc4-c4ccccc43)cn2)C1. The summed E-state index contributed by atoms with van der Waals surface area (Å²) in [6.07, 6.45) is 3.20. The maximum atomic E-state index is 12.5. The molecular formula is C26H26N4O5. The summed E-state index contributed by atoms with van der Waals surface area (Å²) in [7, 11) is 0. The van der Waals surface area contributed by atoms with Crippen LogP contribution in [0.25, 0.3) is 11.1 Å². The number of fused-ring (bicyclic) bond motifs is 3. The zero-order valence-electron chi connectivity index (χ0n) is 19.1. The number of aromatic nitrogens is 2. The monoisotopic (exact) mass is 474 g/mol. The van der Waals surface area contributed by atoms with Gasteiger partial charge in [-0.05, 0) is 34.6 Å². The standard InChI is InChI=1S/C26H26N4O5/c31-24(29-10-9-17(13-29)11-25(32)33)15-30-14-18(12-27-30)28-26(34)35-16-23-21-7-3-1-5-19(21)20-6-2-4-8-22(20)23/h1-8,12,14,17,23H,9-11,13,15-16H2,(H,28,34)(H,32,33). The maximum Gasteiger partial charge on any atom is 0.411 e. The van der Waals surface area contributed by atoms with E-state index >= 15 is 0 Å². The normalized spacial score (nSPS) is 16.6. The Morgan fingerprint density at radius 1 is 1.06 bits per heavy atom. The van der Waals surface area contributed by atoms with E-state index in [1.54, 1.807) is 11.1 Å². The topological polar surface area (TPSA) is 114 Å². The number of nitrogens with one attached hydrogen (secondary N) is 1. The van der Waals surface area contributed by atoms with Gasteiger partial charge in [0.2, 0.25) is 5.91 Å². The molecule has 2 heterocycles. The Kier molecular flexibility index (Phi) is 6.22. The number of amides is 2. The van der Waals surface area contributed by atoms with Crippen LogP contribution in [-0.4, -0.2) is 57.5 Å². The number of carboxylic acids is 1. The van der Waals surface area contributed by atoms with Gasteiger partial charge >= 0.3 is 12.1 Å². The van der Waals surface area contributed by atoms with Gasteiger partial charge in [-0.2, -0.15) is 5.10 Å². The molecule has 3 aromatic rings. The Balaban J connectivity index is 1.14. The van der Waals surface area contributed by atoms with Crippen LogP contribution in [0.4, 0.5) is 10.5 Å². The average Bonchev–Trinajstić information content (AvgIpc) is 3.55. The minimum absolute atomic E-state index is 0.0140. The summed E-state index contributed by atoms with van der Waals surface area (Å²) in [5, 5.41) is 15.8. The van der Waals surface area contributed by atoms with E-state index in [2.05, 4.69) is 34.7 Å². The fraction of sp³-hybridized carbons (Fsp3) is 0.308. The summed E-state index contributed by atoms with van der Waals surface area (Å²) in [5.74, 6) is -1.02. The predicted octanol–water partition coefficient (Wildman–Crippen LogP) is 3.57. The van der Waals surface area contributed by atoms with Crippen molar-refractivity contribution in [2.24, 2.45) is 5.92 Å². The molecule has 2 aliphatic rings. The van der Waals surface area contributed by atoms with Crippen LogP contribution in [0, 0.1) is 5.92 Å². The molecule has 1 saturated heterocycles. The van der Waals surface area contributed by atoms with E-state index in [0.717, 1.165) is 22.3 Å². The van der Waals surface area contributed by atoms with Crippen LogP contribution >= 0.6 is 0 Å². The number of ether oxygens (including phenoxy) is 1. The number of carbonyl (C=O) groups excluding carboxylic acids is 2. The number of benzene rings is 2. The van der Waals surface area contributed by atoms with E-state index in [9.17, 15) is 14.4 Å². The van der Waals surface area contributed by atoms with E-state index < -0.39 is 12.1 Å². The Morgan fingerprint density at radius 3 is 2.43 bits per heavy atom. The fourth-order valence-corrected chi connectivity index (χ4v) is 4.98. The number of rotatable bonds is 7. The second-order valence-corrected chi connectivity index (χ2v) is 8.97. The summed E-state index contributed by atoms with van der Waals surface area (Å²) in [4.78, 5) is 37.5. The average molecular weight is 475 g/mol. The molecule has 1 aromatic heterocycles. The molecule has 180 valence electrons. The fourth-order valence-electron chi connectivity index (χ4n) is 4.98. The first-order valence-electron chi connectivity index (χ1n) is 11.6. The Labute approximate surface area is 202 Å². The molecule has 2 amide bonds. The molecule has 9 nitrogen and oxygen atoms in total. The third-order valence-electron chi connectivity index (χ3n) is 6.62. The first-order chi connectivity index (χ1) is 17.0. The zero-order chi connectivity index (χ0) is 24.4. The van der Waals surface area contributed by atoms with Crippen LogP contribution in [0.1, 0.15) is 29.9 Å². The highest BCUT2D eigenvalue weighted by Gasteiger charge is 2.29. The summed E-state index contributed by atoms with van der Waals surface area (Å²) in [5.41, 5.74) is 5.03. The smallest absolute Gasteiger partial charge is 0.411 e. The summed E-state index contributed by atoms with van der Waals surface area (Å²) in [6.45, 7) is 1.21. The molecule has 0 spiro atoms. The van der Waals surface area contributed by atoms with Gasteiger partial charge in [-0.25, -0.2) is 4.79 Å². The first kappa shape index (κ1) is 22.6. The second-order valence-electron chi connectivity index (χ2n) is 8.97. The number of carbonyl (C=O) groups is 3.